The molecule has 0 radical (unpaired) electrons. The Morgan fingerprint density at radius 3 is 1.23 bits per heavy atom. The fourth-order valence-electron chi connectivity index (χ4n) is 1.29. The van der Waals surface area contributed by atoms with Gasteiger partial charge < -0.3 is 9.13 Å². The predicted octanol–water partition coefficient (Wildman–Crippen LogP) is 1.67. The van der Waals surface area contributed by atoms with Crippen LogP contribution in [-0.2, 0) is 0 Å². The van der Waals surface area contributed by atoms with Crippen molar-refractivity contribution in [2.24, 2.45) is 0 Å². The molecule has 2 nitrogen and oxygen atoms in total. The molecule has 0 fully saturated rings. The largest absolute Gasteiger partial charge is 0.386 e. The van der Waals surface area contributed by atoms with E-state index in [4.69, 9.17) is 0 Å². The Labute approximate surface area is 84.6 Å². The molecular weight excluding hydrogens is 176 g/mol. The summed E-state index contributed by atoms with van der Waals surface area (Å²) in [5.74, 6) is 0. The Balaban J connectivity index is 2.63. The summed E-state index contributed by atoms with van der Waals surface area (Å²) >= 11 is 0. The highest BCUT2D eigenvalue weighted by molar-refractivity contribution is 6.31. The Bertz CT molecular complexity index is 188. The summed E-state index contributed by atoms with van der Waals surface area (Å²) in [6, 6.07) is 0. The van der Waals surface area contributed by atoms with Gasteiger partial charge in [0.2, 0.25) is 9.84 Å². The Kier molecular flexibility index (Phi) is 2.49. The first-order chi connectivity index (χ1) is 5.71. The van der Waals surface area contributed by atoms with Crippen LogP contribution < -0.4 is 0 Å². The van der Waals surface area contributed by atoms with Crippen molar-refractivity contribution in [3.05, 3.63) is 12.4 Å². The maximum Gasteiger partial charge on any atom is 0.230 e. The van der Waals surface area contributed by atoms with E-state index in [0.717, 1.165) is 0 Å². The van der Waals surface area contributed by atoms with Gasteiger partial charge in [0.05, 0.1) is 0 Å². The van der Waals surface area contributed by atoms with Crippen LogP contribution in [-0.4, -0.2) is 30.1 Å². The molecule has 0 aromatic carbocycles. The van der Waals surface area contributed by atoms with Crippen LogP contribution in [0.5, 0.6) is 0 Å². The smallest absolute Gasteiger partial charge is 0.230 e. The second-order valence-corrected chi connectivity index (χ2v) is 7.37. The third-order valence-electron chi connectivity index (χ3n) is 2.45. The zero-order chi connectivity index (χ0) is 10.3. The molecule has 0 unspecified atom stereocenters. The fourth-order valence-corrected chi connectivity index (χ4v) is 2.84. The highest BCUT2D eigenvalue weighted by atomic mass is 28.2. The summed E-state index contributed by atoms with van der Waals surface area (Å²) in [6.07, 6.45) is 4.49. The summed E-state index contributed by atoms with van der Waals surface area (Å²) < 4.78 is 5.00. The second kappa shape index (κ2) is 3.05. The minimum absolute atomic E-state index is 0.282. The van der Waals surface area contributed by atoms with E-state index < -0.39 is 0 Å². The number of hydrogen-bond donors (Lipinski definition) is 0. The van der Waals surface area contributed by atoms with E-state index in [0.29, 0.717) is 11.1 Å². The average Bonchev–Trinajstić information content (AvgIpc) is 2.28. The SMILES string of the molecule is CC(C)(C)N1C=CN(C(C)(C)C)[SiH2]1. The number of hydrogen-bond acceptors (Lipinski definition) is 2. The first-order valence-electron chi connectivity index (χ1n) is 4.93. The van der Waals surface area contributed by atoms with Crippen LogP contribution in [0.3, 0.4) is 0 Å². The molecule has 0 spiro atoms. The van der Waals surface area contributed by atoms with E-state index >= 15 is 0 Å². The van der Waals surface area contributed by atoms with Gasteiger partial charge in [0.15, 0.2) is 0 Å². The van der Waals surface area contributed by atoms with Crippen molar-refractivity contribution in [3.8, 4) is 0 Å². The molecule has 1 aliphatic rings. The van der Waals surface area contributed by atoms with Crippen LogP contribution in [0.1, 0.15) is 41.5 Å². The van der Waals surface area contributed by atoms with Crippen LogP contribution in [0, 0.1) is 0 Å². The molecule has 1 heterocycles. The topological polar surface area (TPSA) is 6.48 Å². The monoisotopic (exact) mass is 198 g/mol. The molecule has 0 aromatic heterocycles. The van der Waals surface area contributed by atoms with Gasteiger partial charge in [0.25, 0.3) is 0 Å². The molecule has 76 valence electrons. The Morgan fingerprint density at radius 1 is 0.769 bits per heavy atom. The second-order valence-electron chi connectivity index (χ2n) is 5.72. The van der Waals surface area contributed by atoms with Crippen LogP contribution in [0.25, 0.3) is 0 Å². The maximum absolute atomic E-state index is 2.50. The lowest BCUT2D eigenvalue weighted by Gasteiger charge is -2.37. The van der Waals surface area contributed by atoms with Gasteiger partial charge in [-0.1, -0.05) is 0 Å². The predicted molar refractivity (Wildman–Crippen MR) is 60.9 cm³/mol. The van der Waals surface area contributed by atoms with Crippen LogP contribution in [0.15, 0.2) is 12.4 Å². The van der Waals surface area contributed by atoms with E-state index in [-0.39, 0.29) is 9.84 Å². The molecule has 0 amide bonds. The van der Waals surface area contributed by atoms with Crippen molar-refractivity contribution in [2.45, 2.75) is 52.6 Å². The van der Waals surface area contributed by atoms with Crippen LogP contribution in [0.4, 0.5) is 0 Å². The lowest BCUT2D eigenvalue weighted by Crippen LogP contribution is -2.47. The van der Waals surface area contributed by atoms with Crippen LogP contribution >= 0.6 is 0 Å². The summed E-state index contributed by atoms with van der Waals surface area (Å²) in [6.45, 7) is 13.6. The molecular formula is C10H22N2Si. The molecule has 0 bridgehead atoms. The standard InChI is InChI=1S/C10H22N2Si/c1-9(2,3)11-7-8-12(13-11)10(4,5)6/h7-8H,13H2,1-6H3. The van der Waals surface area contributed by atoms with Crippen molar-refractivity contribution in [1.29, 1.82) is 0 Å². The summed E-state index contributed by atoms with van der Waals surface area (Å²) in [5.41, 5.74) is 0.589. The minimum atomic E-state index is -0.282. The molecule has 0 aromatic rings. The van der Waals surface area contributed by atoms with E-state index in [2.05, 4.69) is 63.1 Å². The van der Waals surface area contributed by atoms with Crippen molar-refractivity contribution in [1.82, 2.24) is 9.13 Å². The van der Waals surface area contributed by atoms with E-state index in [1.165, 1.54) is 0 Å². The van der Waals surface area contributed by atoms with E-state index in [1.807, 2.05) is 0 Å². The van der Waals surface area contributed by atoms with Crippen molar-refractivity contribution >= 4 is 9.84 Å². The number of rotatable bonds is 0. The first kappa shape index (κ1) is 10.6. The van der Waals surface area contributed by atoms with Gasteiger partial charge in [-0.05, 0) is 41.5 Å². The van der Waals surface area contributed by atoms with Crippen molar-refractivity contribution < 1.29 is 0 Å². The molecule has 0 N–H and O–H groups in total. The molecule has 0 aliphatic carbocycles. The maximum atomic E-state index is 2.50. The molecule has 13 heavy (non-hydrogen) atoms. The number of nitrogens with zero attached hydrogens (tertiary/aromatic N) is 2. The zero-order valence-electron chi connectivity index (χ0n) is 9.76. The van der Waals surface area contributed by atoms with Crippen molar-refractivity contribution in [2.75, 3.05) is 0 Å². The van der Waals surface area contributed by atoms with Gasteiger partial charge in [0.1, 0.15) is 0 Å². The molecule has 0 saturated heterocycles. The fraction of sp³-hybridized carbons (Fsp3) is 0.800. The lowest BCUT2D eigenvalue weighted by atomic mass is 10.1. The Hall–Kier alpha value is -0.443. The highest BCUT2D eigenvalue weighted by Crippen LogP contribution is 2.22. The first-order valence-corrected chi connectivity index (χ1v) is 6.19. The van der Waals surface area contributed by atoms with Crippen LogP contribution in [0.2, 0.25) is 0 Å². The summed E-state index contributed by atoms with van der Waals surface area (Å²) in [7, 11) is -0.282. The Morgan fingerprint density at radius 2 is 1.08 bits per heavy atom. The van der Waals surface area contributed by atoms with Gasteiger partial charge in [-0.15, -0.1) is 0 Å². The summed E-state index contributed by atoms with van der Waals surface area (Å²) in [5, 5.41) is 0. The van der Waals surface area contributed by atoms with Gasteiger partial charge in [-0.25, -0.2) is 0 Å². The van der Waals surface area contributed by atoms with Gasteiger partial charge in [0, 0.05) is 23.5 Å². The normalized spacial score (nSPS) is 18.6. The third-order valence-corrected chi connectivity index (χ3v) is 5.38. The van der Waals surface area contributed by atoms with Crippen molar-refractivity contribution in [3.63, 3.8) is 0 Å². The molecule has 1 rings (SSSR count). The lowest BCUT2D eigenvalue weighted by molar-refractivity contribution is 0.295. The summed E-state index contributed by atoms with van der Waals surface area (Å²) in [4.78, 5) is 0. The molecule has 1 aliphatic heterocycles. The zero-order valence-corrected chi connectivity index (χ0v) is 11.2. The third kappa shape index (κ3) is 2.50. The molecule has 0 atom stereocenters. The van der Waals surface area contributed by atoms with Gasteiger partial charge >= 0.3 is 0 Å². The molecule has 0 saturated carbocycles. The van der Waals surface area contributed by atoms with E-state index in [9.17, 15) is 0 Å². The minimum Gasteiger partial charge on any atom is -0.386 e. The quantitative estimate of drug-likeness (QED) is 0.546. The van der Waals surface area contributed by atoms with E-state index in [1.54, 1.807) is 0 Å². The van der Waals surface area contributed by atoms with Gasteiger partial charge in [-0.2, -0.15) is 0 Å². The highest BCUT2D eigenvalue weighted by Gasteiger charge is 2.28. The molecule has 3 heteroatoms. The van der Waals surface area contributed by atoms with Gasteiger partial charge in [-0.3, -0.25) is 0 Å². The average molecular weight is 198 g/mol.